The third kappa shape index (κ3) is 58.1. The molecular weight excluding hydrogens is 901 g/mol. The summed E-state index contributed by atoms with van der Waals surface area (Å²) in [6.45, 7) is 6.30. The lowest BCUT2D eigenvalue weighted by Gasteiger charge is -2.18. The quantitative estimate of drug-likeness (QED) is 0.0261. The van der Waals surface area contributed by atoms with E-state index in [1.807, 2.05) is 0 Å². The molecule has 0 saturated carbocycles. The molecule has 1 atom stereocenters. The zero-order valence-corrected chi connectivity index (χ0v) is 46.8. The molecule has 410 valence electrons. The maximum Gasteiger partial charge on any atom is 0.306 e. The standard InChI is InChI=1S/C67H106O6/c1-4-7-10-13-16-19-22-24-26-28-30-32-33-35-36-38-40-42-45-48-51-54-57-60-66(69)72-63-64(62-71-65(68)59-56-53-50-47-44-21-18-15-12-9-6-3)73-67(70)61-58-55-52-49-46-43-41-39-37-34-31-29-27-25-23-20-17-14-11-8-5-2/h7-8,10-11,15-20,24-27,30-32,34-36,40,42,48,51,64H,4-6,9,12-14,21-23,28-29,33,37-39,41,43-47,49-50,52-63H2,1-3H3/b10-7-,11-8-,18-15-,19-16-,20-17-,26-24-,27-25-,32-30-,34-31-,36-35-,42-40-,51-48-. The lowest BCUT2D eigenvalue weighted by atomic mass is 10.1. The molecule has 1 unspecified atom stereocenters. The van der Waals surface area contributed by atoms with Crippen molar-refractivity contribution in [3.8, 4) is 0 Å². The Kier molecular flexibility index (Phi) is 56.0. The summed E-state index contributed by atoms with van der Waals surface area (Å²) in [5.74, 6) is -0.995. The summed E-state index contributed by atoms with van der Waals surface area (Å²) in [7, 11) is 0. The summed E-state index contributed by atoms with van der Waals surface area (Å²) in [5, 5.41) is 0. The van der Waals surface area contributed by atoms with Gasteiger partial charge in [-0.3, -0.25) is 14.4 Å². The smallest absolute Gasteiger partial charge is 0.306 e. The highest BCUT2D eigenvalue weighted by Gasteiger charge is 2.19. The number of hydrogen-bond donors (Lipinski definition) is 0. The highest BCUT2D eigenvalue weighted by molar-refractivity contribution is 5.71. The van der Waals surface area contributed by atoms with Gasteiger partial charge in [-0.15, -0.1) is 0 Å². The molecule has 0 radical (unpaired) electrons. The molecule has 0 spiro atoms. The van der Waals surface area contributed by atoms with Crippen LogP contribution in [-0.2, 0) is 28.6 Å². The van der Waals surface area contributed by atoms with Gasteiger partial charge in [-0.2, -0.15) is 0 Å². The van der Waals surface area contributed by atoms with Gasteiger partial charge < -0.3 is 14.2 Å². The minimum atomic E-state index is -0.816. The van der Waals surface area contributed by atoms with Gasteiger partial charge in [0.1, 0.15) is 13.2 Å². The molecular formula is C67H106O6. The van der Waals surface area contributed by atoms with Crippen LogP contribution in [0.25, 0.3) is 0 Å². The normalized spacial score (nSPS) is 13.2. The van der Waals surface area contributed by atoms with Gasteiger partial charge in [0.25, 0.3) is 0 Å². The van der Waals surface area contributed by atoms with E-state index < -0.39 is 6.10 Å². The summed E-state index contributed by atoms with van der Waals surface area (Å²) >= 11 is 0. The molecule has 0 fully saturated rings. The first kappa shape index (κ1) is 68.3. The minimum absolute atomic E-state index is 0.109. The van der Waals surface area contributed by atoms with Crippen molar-refractivity contribution in [2.24, 2.45) is 0 Å². The van der Waals surface area contributed by atoms with Crippen molar-refractivity contribution >= 4 is 17.9 Å². The Bertz CT molecular complexity index is 1630. The number of carbonyl (C=O) groups excluding carboxylic acids is 3. The van der Waals surface area contributed by atoms with Crippen LogP contribution in [-0.4, -0.2) is 37.2 Å². The molecule has 0 heterocycles. The second-order valence-corrected chi connectivity index (χ2v) is 18.8. The maximum atomic E-state index is 12.9. The Morgan fingerprint density at radius 1 is 0.288 bits per heavy atom. The molecule has 0 rings (SSSR count). The number of esters is 3. The van der Waals surface area contributed by atoms with Crippen LogP contribution in [0.2, 0.25) is 0 Å². The minimum Gasteiger partial charge on any atom is -0.462 e. The predicted molar refractivity (Wildman–Crippen MR) is 315 cm³/mol. The van der Waals surface area contributed by atoms with Gasteiger partial charge in [0.15, 0.2) is 6.10 Å². The fourth-order valence-electron chi connectivity index (χ4n) is 7.46. The lowest BCUT2D eigenvalue weighted by Crippen LogP contribution is -2.30. The number of carbonyl (C=O) groups is 3. The molecule has 0 aliphatic carbocycles. The van der Waals surface area contributed by atoms with Crippen LogP contribution in [0.4, 0.5) is 0 Å². The lowest BCUT2D eigenvalue weighted by molar-refractivity contribution is -0.167. The van der Waals surface area contributed by atoms with Gasteiger partial charge in [0.2, 0.25) is 0 Å². The fraction of sp³-hybridized carbons (Fsp3) is 0.597. The van der Waals surface area contributed by atoms with Gasteiger partial charge in [-0.25, -0.2) is 0 Å². The highest BCUT2D eigenvalue weighted by atomic mass is 16.6. The Hall–Kier alpha value is -4.71. The molecule has 0 aliphatic heterocycles. The largest absolute Gasteiger partial charge is 0.462 e. The van der Waals surface area contributed by atoms with Crippen molar-refractivity contribution in [2.45, 2.75) is 245 Å². The molecule has 0 N–H and O–H groups in total. The molecule has 0 aliphatic rings. The van der Waals surface area contributed by atoms with Gasteiger partial charge >= 0.3 is 17.9 Å². The van der Waals surface area contributed by atoms with Crippen molar-refractivity contribution in [2.75, 3.05) is 13.2 Å². The number of unbranched alkanes of at least 4 members (excludes halogenated alkanes) is 16. The van der Waals surface area contributed by atoms with Crippen molar-refractivity contribution in [3.05, 3.63) is 146 Å². The third-order valence-corrected chi connectivity index (χ3v) is 11.8. The van der Waals surface area contributed by atoms with Crippen molar-refractivity contribution in [3.63, 3.8) is 0 Å². The Labute approximate surface area is 448 Å². The Balaban J connectivity index is 4.47. The molecule has 73 heavy (non-hydrogen) atoms. The van der Waals surface area contributed by atoms with Gasteiger partial charge in [0, 0.05) is 19.3 Å². The average molecular weight is 1010 g/mol. The third-order valence-electron chi connectivity index (χ3n) is 11.8. The number of allylic oxidation sites excluding steroid dienone is 24. The van der Waals surface area contributed by atoms with Crippen molar-refractivity contribution in [1.29, 1.82) is 0 Å². The van der Waals surface area contributed by atoms with Crippen LogP contribution in [0.5, 0.6) is 0 Å². The van der Waals surface area contributed by atoms with Crippen LogP contribution in [0.15, 0.2) is 146 Å². The average Bonchev–Trinajstić information content (AvgIpc) is 3.39. The molecule has 0 aromatic heterocycles. The van der Waals surface area contributed by atoms with E-state index in [-0.39, 0.29) is 37.5 Å². The highest BCUT2D eigenvalue weighted by Crippen LogP contribution is 2.14. The first-order valence-electron chi connectivity index (χ1n) is 29.3. The van der Waals surface area contributed by atoms with E-state index >= 15 is 0 Å². The molecule has 6 heteroatoms. The van der Waals surface area contributed by atoms with Gasteiger partial charge in [-0.1, -0.05) is 237 Å². The maximum absolute atomic E-state index is 12.9. The topological polar surface area (TPSA) is 78.9 Å². The summed E-state index contributed by atoms with van der Waals surface area (Å²) in [4.78, 5) is 38.1. The van der Waals surface area contributed by atoms with Gasteiger partial charge in [-0.05, 0) is 128 Å². The second kappa shape index (κ2) is 59.8. The summed E-state index contributed by atoms with van der Waals surface area (Å²) in [6, 6.07) is 0. The zero-order chi connectivity index (χ0) is 52.9. The molecule has 6 nitrogen and oxygen atoms in total. The zero-order valence-electron chi connectivity index (χ0n) is 46.8. The number of hydrogen-bond acceptors (Lipinski definition) is 6. The SMILES string of the molecule is CC/C=C\C/C=C\C/C=C\C/C=C\C/C=C\C/C=C\C/C=C\CCCC(=O)OCC(COC(=O)CCCCCCC/C=C\CCCC)OC(=O)CCCCCCCCCC/C=C\C/C=C\C/C=C\C/C=C\CC. The molecule has 0 aromatic rings. The van der Waals surface area contributed by atoms with E-state index in [4.69, 9.17) is 14.2 Å². The van der Waals surface area contributed by atoms with E-state index in [2.05, 4.69) is 167 Å². The van der Waals surface area contributed by atoms with Crippen LogP contribution in [0.3, 0.4) is 0 Å². The van der Waals surface area contributed by atoms with E-state index in [1.165, 1.54) is 57.8 Å². The molecule has 0 saturated heterocycles. The Morgan fingerprint density at radius 2 is 0.548 bits per heavy atom. The van der Waals surface area contributed by atoms with Gasteiger partial charge in [0.05, 0.1) is 0 Å². The predicted octanol–water partition coefficient (Wildman–Crippen LogP) is 20.0. The van der Waals surface area contributed by atoms with E-state index in [0.717, 1.165) is 135 Å². The Morgan fingerprint density at radius 3 is 0.904 bits per heavy atom. The summed E-state index contributed by atoms with van der Waals surface area (Å²) in [5.41, 5.74) is 0. The van der Waals surface area contributed by atoms with E-state index in [0.29, 0.717) is 19.3 Å². The van der Waals surface area contributed by atoms with Crippen LogP contribution < -0.4 is 0 Å². The first-order chi connectivity index (χ1) is 36.0. The number of rotatable bonds is 51. The summed E-state index contributed by atoms with van der Waals surface area (Å²) < 4.78 is 16.8. The summed E-state index contributed by atoms with van der Waals surface area (Å²) in [6.07, 6.45) is 85.6. The fourth-order valence-corrected chi connectivity index (χ4v) is 7.46. The van der Waals surface area contributed by atoms with Crippen molar-refractivity contribution < 1.29 is 28.6 Å². The van der Waals surface area contributed by atoms with E-state index in [9.17, 15) is 14.4 Å². The van der Waals surface area contributed by atoms with Crippen LogP contribution in [0, 0.1) is 0 Å². The number of ether oxygens (including phenoxy) is 3. The van der Waals surface area contributed by atoms with E-state index in [1.54, 1.807) is 0 Å². The molecule has 0 bridgehead atoms. The monoisotopic (exact) mass is 1010 g/mol. The van der Waals surface area contributed by atoms with Crippen LogP contribution in [0.1, 0.15) is 239 Å². The molecule has 0 aromatic carbocycles. The second-order valence-electron chi connectivity index (χ2n) is 18.8. The first-order valence-corrected chi connectivity index (χ1v) is 29.3. The van der Waals surface area contributed by atoms with Crippen LogP contribution >= 0.6 is 0 Å². The van der Waals surface area contributed by atoms with Crippen molar-refractivity contribution in [1.82, 2.24) is 0 Å². The molecule has 0 amide bonds.